The van der Waals surface area contributed by atoms with Crippen molar-refractivity contribution in [2.24, 2.45) is 0 Å². The minimum absolute atomic E-state index is 0.110. The maximum atomic E-state index is 12.5. The van der Waals surface area contributed by atoms with Crippen LogP contribution in [-0.4, -0.2) is 63.8 Å². The van der Waals surface area contributed by atoms with Crippen molar-refractivity contribution in [2.45, 2.75) is 44.7 Å². The molecule has 1 N–H and O–H groups in total. The standard InChI is InChI=1S/C17H26N4O3S/c1-2-24-17(23)14-12-25-10-9-20(14)11-16(22)19-15-7-8-18-21(15)13-5-3-4-6-13/h7-8,13-14H,2-6,9-12H2,1H3,(H,19,22)/t14-/m1/s1. The Morgan fingerprint density at radius 2 is 2.20 bits per heavy atom. The van der Waals surface area contributed by atoms with Gasteiger partial charge in [-0.15, -0.1) is 0 Å². The van der Waals surface area contributed by atoms with Crippen molar-refractivity contribution in [1.82, 2.24) is 14.7 Å². The summed E-state index contributed by atoms with van der Waals surface area (Å²) >= 11 is 1.72. The second-order valence-electron chi connectivity index (χ2n) is 6.46. The smallest absolute Gasteiger partial charge is 0.324 e. The Morgan fingerprint density at radius 1 is 1.40 bits per heavy atom. The van der Waals surface area contributed by atoms with Crippen molar-refractivity contribution < 1.29 is 14.3 Å². The van der Waals surface area contributed by atoms with Crippen molar-refractivity contribution in [3.05, 3.63) is 12.3 Å². The zero-order valence-electron chi connectivity index (χ0n) is 14.6. The van der Waals surface area contributed by atoms with Crippen LogP contribution in [0.3, 0.4) is 0 Å². The maximum absolute atomic E-state index is 12.5. The largest absolute Gasteiger partial charge is 0.465 e. The third-order valence-corrected chi connectivity index (χ3v) is 5.78. The molecule has 1 aromatic heterocycles. The minimum atomic E-state index is -0.343. The second kappa shape index (κ2) is 8.71. The van der Waals surface area contributed by atoms with Gasteiger partial charge in [0.05, 0.1) is 25.4 Å². The van der Waals surface area contributed by atoms with E-state index in [9.17, 15) is 9.59 Å². The highest BCUT2D eigenvalue weighted by molar-refractivity contribution is 7.99. The van der Waals surface area contributed by atoms with Crippen LogP contribution in [0.15, 0.2) is 12.3 Å². The lowest BCUT2D eigenvalue weighted by atomic mass is 10.2. The van der Waals surface area contributed by atoms with Crippen molar-refractivity contribution in [1.29, 1.82) is 0 Å². The number of ether oxygens (including phenoxy) is 1. The first kappa shape index (κ1) is 18.3. The van der Waals surface area contributed by atoms with Crippen LogP contribution in [0.5, 0.6) is 0 Å². The summed E-state index contributed by atoms with van der Waals surface area (Å²) in [5, 5.41) is 7.34. The number of nitrogens with zero attached hydrogens (tertiary/aromatic N) is 3. The van der Waals surface area contributed by atoms with Gasteiger partial charge >= 0.3 is 5.97 Å². The second-order valence-corrected chi connectivity index (χ2v) is 7.61. The predicted molar refractivity (Wildman–Crippen MR) is 97.7 cm³/mol. The van der Waals surface area contributed by atoms with Crippen molar-refractivity contribution in [3.8, 4) is 0 Å². The van der Waals surface area contributed by atoms with Gasteiger partial charge in [0.25, 0.3) is 0 Å². The van der Waals surface area contributed by atoms with Gasteiger partial charge in [0.15, 0.2) is 0 Å². The molecule has 0 aromatic carbocycles. The van der Waals surface area contributed by atoms with Gasteiger partial charge in [-0.2, -0.15) is 16.9 Å². The van der Waals surface area contributed by atoms with Crippen LogP contribution in [0.1, 0.15) is 38.6 Å². The Kier molecular flexibility index (Phi) is 6.36. The Hall–Kier alpha value is -1.54. The Labute approximate surface area is 152 Å². The third-order valence-electron chi connectivity index (χ3n) is 4.75. The predicted octanol–water partition coefficient (Wildman–Crippen LogP) is 1.92. The maximum Gasteiger partial charge on any atom is 0.324 e. The Balaban J connectivity index is 1.60. The topological polar surface area (TPSA) is 76.5 Å². The van der Waals surface area contributed by atoms with E-state index in [1.807, 2.05) is 15.6 Å². The zero-order chi connectivity index (χ0) is 17.6. The molecule has 1 aliphatic heterocycles. The van der Waals surface area contributed by atoms with Crippen molar-refractivity contribution in [3.63, 3.8) is 0 Å². The summed E-state index contributed by atoms with van der Waals surface area (Å²) in [4.78, 5) is 26.5. The number of esters is 1. The van der Waals surface area contributed by atoms with Gasteiger partial charge in [-0.1, -0.05) is 12.8 Å². The molecule has 138 valence electrons. The summed E-state index contributed by atoms with van der Waals surface area (Å²) in [7, 11) is 0. The van der Waals surface area contributed by atoms with E-state index in [0.717, 1.165) is 24.4 Å². The molecular formula is C17H26N4O3S. The lowest BCUT2D eigenvalue weighted by Gasteiger charge is -2.32. The van der Waals surface area contributed by atoms with Crippen molar-refractivity contribution >= 4 is 29.5 Å². The zero-order valence-corrected chi connectivity index (χ0v) is 15.5. The van der Waals surface area contributed by atoms with Gasteiger partial charge < -0.3 is 10.1 Å². The number of thioether (sulfide) groups is 1. The number of aromatic nitrogens is 2. The number of nitrogens with one attached hydrogen (secondary N) is 1. The molecule has 25 heavy (non-hydrogen) atoms. The first-order chi connectivity index (χ1) is 12.2. The molecule has 0 bridgehead atoms. The first-order valence-electron chi connectivity index (χ1n) is 9.01. The number of anilines is 1. The SMILES string of the molecule is CCOC(=O)[C@H]1CSCCN1CC(=O)Nc1ccnn1C1CCCC1. The Bertz CT molecular complexity index is 600. The Morgan fingerprint density at radius 3 is 2.96 bits per heavy atom. The van der Waals surface area contributed by atoms with Gasteiger partial charge in [-0.05, 0) is 19.8 Å². The first-order valence-corrected chi connectivity index (χ1v) is 10.2. The summed E-state index contributed by atoms with van der Waals surface area (Å²) in [5.41, 5.74) is 0. The molecule has 2 fully saturated rings. The van der Waals surface area contributed by atoms with Crippen LogP contribution in [0.2, 0.25) is 0 Å². The molecule has 1 saturated heterocycles. The quantitative estimate of drug-likeness (QED) is 0.775. The monoisotopic (exact) mass is 366 g/mol. The molecule has 0 unspecified atom stereocenters. The van der Waals surface area contributed by atoms with Crippen LogP contribution in [0, 0.1) is 0 Å². The van der Waals surface area contributed by atoms with E-state index >= 15 is 0 Å². The van der Waals surface area contributed by atoms with Gasteiger partial charge in [-0.3, -0.25) is 14.5 Å². The molecule has 1 atom stereocenters. The highest BCUT2D eigenvalue weighted by Crippen LogP contribution is 2.31. The van der Waals surface area contributed by atoms with Crippen LogP contribution in [-0.2, 0) is 14.3 Å². The summed E-state index contributed by atoms with van der Waals surface area (Å²) < 4.78 is 7.08. The van der Waals surface area contributed by atoms with Crippen LogP contribution in [0.4, 0.5) is 5.82 Å². The lowest BCUT2D eigenvalue weighted by Crippen LogP contribution is -2.50. The van der Waals surface area contributed by atoms with E-state index in [1.165, 1.54) is 12.8 Å². The molecule has 7 nitrogen and oxygen atoms in total. The van der Waals surface area contributed by atoms with Gasteiger partial charge in [0.2, 0.25) is 5.91 Å². The molecule has 1 saturated carbocycles. The number of hydrogen-bond donors (Lipinski definition) is 1. The fourth-order valence-corrected chi connectivity index (χ4v) is 4.60. The van der Waals surface area contributed by atoms with Crippen LogP contribution < -0.4 is 5.32 Å². The highest BCUT2D eigenvalue weighted by atomic mass is 32.2. The van der Waals surface area contributed by atoms with Gasteiger partial charge in [0, 0.05) is 24.1 Å². The van der Waals surface area contributed by atoms with Crippen LogP contribution >= 0.6 is 11.8 Å². The van der Waals surface area contributed by atoms with E-state index in [4.69, 9.17) is 4.74 Å². The number of rotatable bonds is 6. The third kappa shape index (κ3) is 4.55. The number of hydrogen-bond acceptors (Lipinski definition) is 6. The number of amides is 1. The molecule has 3 rings (SSSR count). The molecule has 2 aliphatic rings. The molecule has 0 radical (unpaired) electrons. The molecule has 1 aromatic rings. The van der Waals surface area contributed by atoms with Crippen LogP contribution in [0.25, 0.3) is 0 Å². The molecular weight excluding hydrogens is 340 g/mol. The minimum Gasteiger partial charge on any atom is -0.465 e. The molecule has 1 aliphatic carbocycles. The number of carbonyl (C=O) groups excluding carboxylic acids is 2. The fourth-order valence-electron chi connectivity index (χ4n) is 3.50. The van der Waals surface area contributed by atoms with Gasteiger partial charge in [0.1, 0.15) is 11.9 Å². The average molecular weight is 366 g/mol. The molecule has 1 amide bonds. The lowest BCUT2D eigenvalue weighted by molar-refractivity contribution is -0.148. The summed E-state index contributed by atoms with van der Waals surface area (Å²) in [6.45, 7) is 3.07. The van der Waals surface area contributed by atoms with Gasteiger partial charge in [-0.25, -0.2) is 4.68 Å². The molecule has 8 heteroatoms. The normalized spacial score (nSPS) is 22.0. The van der Waals surface area contributed by atoms with Crippen molar-refractivity contribution in [2.75, 3.05) is 36.5 Å². The molecule has 0 spiro atoms. The van der Waals surface area contributed by atoms with E-state index in [2.05, 4.69) is 10.4 Å². The summed E-state index contributed by atoms with van der Waals surface area (Å²) in [5.74, 6) is 1.99. The highest BCUT2D eigenvalue weighted by Gasteiger charge is 2.31. The van der Waals surface area contributed by atoms with E-state index in [1.54, 1.807) is 24.9 Å². The number of carbonyl (C=O) groups is 2. The van der Waals surface area contributed by atoms with E-state index < -0.39 is 0 Å². The van der Waals surface area contributed by atoms with E-state index in [-0.39, 0.29) is 24.5 Å². The summed E-state index contributed by atoms with van der Waals surface area (Å²) in [6, 6.07) is 1.87. The molecule has 2 heterocycles. The van der Waals surface area contributed by atoms with E-state index in [0.29, 0.717) is 24.9 Å². The fraction of sp³-hybridized carbons (Fsp3) is 0.706. The average Bonchev–Trinajstić information content (AvgIpc) is 3.26. The summed E-state index contributed by atoms with van der Waals surface area (Å²) in [6.07, 6.45) is 6.37.